The lowest BCUT2D eigenvalue weighted by atomic mass is 10.1. The van der Waals surface area contributed by atoms with E-state index in [2.05, 4.69) is 10.6 Å². The van der Waals surface area contributed by atoms with Crippen LogP contribution in [0.5, 0.6) is 0 Å². The number of benzene rings is 1. The van der Waals surface area contributed by atoms with Crippen LogP contribution in [-0.2, 0) is 17.6 Å². The third-order valence-electron chi connectivity index (χ3n) is 3.57. The van der Waals surface area contributed by atoms with Crippen LogP contribution in [0, 0.1) is 0 Å². The third-order valence-corrected chi connectivity index (χ3v) is 4.98. The fraction of sp³-hybridized carbons (Fsp3) is 0.250. The van der Waals surface area contributed by atoms with Crippen molar-refractivity contribution in [3.05, 3.63) is 46.3 Å². The van der Waals surface area contributed by atoms with Crippen LogP contribution < -0.4 is 10.6 Å². The normalized spacial score (nSPS) is 12.6. The predicted molar refractivity (Wildman–Crippen MR) is 94.0 cm³/mol. The Kier molecular flexibility index (Phi) is 4.40. The molecule has 6 heteroatoms. The van der Waals surface area contributed by atoms with E-state index in [1.165, 1.54) is 12.0 Å². The number of carbonyl (C=O) groups excluding carboxylic acids is 1. The van der Waals surface area contributed by atoms with Crippen LogP contribution in [0.25, 0.3) is 0 Å². The highest BCUT2D eigenvalue weighted by atomic mass is 32.1. The lowest BCUT2D eigenvalue weighted by Gasteiger charge is -2.11. The van der Waals surface area contributed by atoms with E-state index in [0.29, 0.717) is 10.7 Å². The van der Waals surface area contributed by atoms with Crippen molar-refractivity contribution in [1.82, 2.24) is 0 Å². The number of hydrogen-bond donors (Lipinski definition) is 2. The van der Waals surface area contributed by atoms with Gasteiger partial charge in [0.2, 0.25) is 0 Å². The van der Waals surface area contributed by atoms with Gasteiger partial charge in [-0.1, -0.05) is 18.2 Å². The summed E-state index contributed by atoms with van der Waals surface area (Å²) in [6.45, 7) is 0. The molecule has 0 spiro atoms. The first kappa shape index (κ1) is 15.0. The first-order valence-electron chi connectivity index (χ1n) is 7.05. The summed E-state index contributed by atoms with van der Waals surface area (Å²) in [5.74, 6) is -0.301. The highest BCUT2D eigenvalue weighted by molar-refractivity contribution is 7.80. The zero-order chi connectivity index (χ0) is 15.5. The van der Waals surface area contributed by atoms with E-state index in [9.17, 15) is 4.79 Å². The number of ether oxygens (including phenoxy) is 1. The summed E-state index contributed by atoms with van der Waals surface area (Å²) < 4.78 is 4.92. The van der Waals surface area contributed by atoms with E-state index in [-0.39, 0.29) is 5.97 Å². The molecule has 1 heterocycles. The van der Waals surface area contributed by atoms with Crippen molar-refractivity contribution in [2.45, 2.75) is 19.3 Å². The van der Waals surface area contributed by atoms with Crippen molar-refractivity contribution < 1.29 is 9.53 Å². The Hall–Kier alpha value is -1.92. The number of methoxy groups -OCH3 is 1. The number of nitrogens with one attached hydrogen (secondary N) is 2. The van der Waals surface area contributed by atoms with Gasteiger partial charge >= 0.3 is 5.97 Å². The molecule has 1 aromatic heterocycles. The lowest BCUT2D eigenvalue weighted by molar-refractivity contribution is 0.0601. The van der Waals surface area contributed by atoms with E-state index >= 15 is 0 Å². The lowest BCUT2D eigenvalue weighted by Crippen LogP contribution is -2.20. The number of thiophene rings is 1. The summed E-state index contributed by atoms with van der Waals surface area (Å²) in [4.78, 5) is 13.3. The maximum atomic E-state index is 12.1. The molecule has 0 bridgehead atoms. The molecule has 22 heavy (non-hydrogen) atoms. The molecule has 0 saturated carbocycles. The Morgan fingerprint density at radius 2 is 2.00 bits per heavy atom. The van der Waals surface area contributed by atoms with E-state index in [4.69, 9.17) is 17.0 Å². The van der Waals surface area contributed by atoms with Crippen LogP contribution in [0.2, 0.25) is 0 Å². The molecule has 0 amide bonds. The van der Waals surface area contributed by atoms with Crippen LogP contribution in [0.15, 0.2) is 30.3 Å². The molecule has 2 N–H and O–H groups in total. The predicted octanol–water partition coefficient (Wildman–Crippen LogP) is 3.83. The minimum absolute atomic E-state index is 0.301. The monoisotopic (exact) mass is 332 g/mol. The Balaban J connectivity index is 1.80. The second-order valence-electron chi connectivity index (χ2n) is 5.00. The van der Waals surface area contributed by atoms with Crippen molar-refractivity contribution in [3.63, 3.8) is 0 Å². The third kappa shape index (κ3) is 2.98. The number of fused-ring (bicyclic) bond motifs is 1. The van der Waals surface area contributed by atoms with E-state index < -0.39 is 0 Å². The highest BCUT2D eigenvalue weighted by Gasteiger charge is 2.27. The van der Waals surface area contributed by atoms with Crippen LogP contribution in [0.4, 0.5) is 10.7 Å². The topological polar surface area (TPSA) is 50.4 Å². The summed E-state index contributed by atoms with van der Waals surface area (Å²) in [6, 6.07) is 9.68. The first-order valence-corrected chi connectivity index (χ1v) is 8.27. The van der Waals surface area contributed by atoms with E-state index in [1.54, 1.807) is 11.3 Å². The number of para-hydroxylation sites is 1. The fourth-order valence-electron chi connectivity index (χ4n) is 2.60. The van der Waals surface area contributed by atoms with Gasteiger partial charge in [-0.3, -0.25) is 0 Å². The molecule has 0 saturated heterocycles. The highest BCUT2D eigenvalue weighted by Crippen LogP contribution is 2.39. The molecule has 0 atom stereocenters. The fourth-order valence-corrected chi connectivity index (χ4v) is 4.16. The van der Waals surface area contributed by atoms with Gasteiger partial charge in [-0.25, -0.2) is 4.79 Å². The minimum Gasteiger partial charge on any atom is -0.465 e. The molecule has 0 fully saturated rings. The maximum absolute atomic E-state index is 12.1. The molecule has 4 nitrogen and oxygen atoms in total. The molecule has 3 rings (SSSR count). The van der Waals surface area contributed by atoms with Gasteiger partial charge < -0.3 is 15.4 Å². The minimum atomic E-state index is -0.301. The summed E-state index contributed by atoms with van der Waals surface area (Å²) in [5.41, 5.74) is 2.66. The molecule has 1 aromatic carbocycles. The molecule has 1 aliphatic rings. The first-order chi connectivity index (χ1) is 10.7. The second-order valence-corrected chi connectivity index (χ2v) is 6.51. The molecule has 1 aliphatic carbocycles. The number of rotatable bonds is 3. The SMILES string of the molecule is COC(=O)c1c(NC(=S)Nc2ccccc2)sc2c1CCC2. The Labute approximate surface area is 138 Å². The summed E-state index contributed by atoms with van der Waals surface area (Å²) >= 11 is 6.93. The number of aryl methyl sites for hydroxylation is 1. The smallest absolute Gasteiger partial charge is 0.341 e. The van der Waals surface area contributed by atoms with Gasteiger partial charge in [0.1, 0.15) is 5.00 Å². The number of esters is 1. The van der Waals surface area contributed by atoms with Crippen molar-refractivity contribution in [3.8, 4) is 0 Å². The van der Waals surface area contributed by atoms with Crippen molar-refractivity contribution in [1.29, 1.82) is 0 Å². The summed E-state index contributed by atoms with van der Waals surface area (Å²) in [5, 5.41) is 7.49. The van der Waals surface area contributed by atoms with Crippen LogP contribution in [-0.4, -0.2) is 18.2 Å². The van der Waals surface area contributed by atoms with Crippen molar-refractivity contribution >= 4 is 45.3 Å². The Morgan fingerprint density at radius 3 is 2.73 bits per heavy atom. The van der Waals surface area contributed by atoms with Crippen LogP contribution >= 0.6 is 23.6 Å². The van der Waals surface area contributed by atoms with Crippen molar-refractivity contribution in [2.75, 3.05) is 17.7 Å². The quantitative estimate of drug-likeness (QED) is 0.661. The van der Waals surface area contributed by atoms with Gasteiger partial charge in [-0.15, -0.1) is 11.3 Å². The molecule has 0 unspecified atom stereocenters. The van der Waals surface area contributed by atoms with E-state index in [0.717, 1.165) is 35.5 Å². The van der Waals surface area contributed by atoms with Crippen molar-refractivity contribution in [2.24, 2.45) is 0 Å². The van der Waals surface area contributed by atoms with E-state index in [1.807, 2.05) is 30.3 Å². The van der Waals surface area contributed by atoms with Gasteiger partial charge in [-0.05, 0) is 49.2 Å². The van der Waals surface area contributed by atoms with Gasteiger partial charge in [0.05, 0.1) is 12.7 Å². The largest absolute Gasteiger partial charge is 0.465 e. The molecular formula is C16H16N2O2S2. The molecule has 0 aliphatic heterocycles. The van der Waals surface area contributed by atoms with Gasteiger partial charge in [0, 0.05) is 10.6 Å². The zero-order valence-electron chi connectivity index (χ0n) is 12.1. The maximum Gasteiger partial charge on any atom is 0.341 e. The number of carbonyl (C=O) groups is 1. The summed E-state index contributed by atoms with van der Waals surface area (Å²) in [6.07, 6.45) is 3.04. The molecule has 0 radical (unpaired) electrons. The standard InChI is InChI=1S/C16H16N2O2S2/c1-20-15(19)13-11-8-5-9-12(11)22-14(13)18-16(21)17-10-6-3-2-4-7-10/h2-4,6-7H,5,8-9H2,1H3,(H2,17,18,21). The number of hydrogen-bond acceptors (Lipinski definition) is 4. The molecule has 114 valence electrons. The molecule has 2 aromatic rings. The average Bonchev–Trinajstić information content (AvgIpc) is 3.08. The molecular weight excluding hydrogens is 316 g/mol. The van der Waals surface area contributed by atoms with Crippen LogP contribution in [0.1, 0.15) is 27.2 Å². The number of anilines is 2. The Morgan fingerprint density at radius 1 is 1.23 bits per heavy atom. The van der Waals surface area contributed by atoms with Crippen LogP contribution in [0.3, 0.4) is 0 Å². The van der Waals surface area contributed by atoms with Gasteiger partial charge in [0.15, 0.2) is 5.11 Å². The number of thiocarbonyl (C=S) groups is 1. The summed E-state index contributed by atoms with van der Waals surface area (Å²) in [7, 11) is 1.41. The van der Waals surface area contributed by atoms with Gasteiger partial charge in [-0.2, -0.15) is 0 Å². The average molecular weight is 332 g/mol. The van der Waals surface area contributed by atoms with Gasteiger partial charge in [0.25, 0.3) is 0 Å². The zero-order valence-corrected chi connectivity index (χ0v) is 13.8. The second kappa shape index (κ2) is 6.46. The Bertz CT molecular complexity index is 710.